The van der Waals surface area contributed by atoms with E-state index in [-0.39, 0.29) is 23.4 Å². The van der Waals surface area contributed by atoms with Gasteiger partial charge in [-0.05, 0) is 37.1 Å². The number of hydrogen-bond donors (Lipinski definition) is 2. The molecule has 1 atom stereocenters. The van der Waals surface area contributed by atoms with Gasteiger partial charge in [0.2, 0.25) is 5.91 Å². The molecule has 0 radical (unpaired) electrons. The van der Waals surface area contributed by atoms with Gasteiger partial charge in [0.15, 0.2) is 0 Å². The second-order valence-corrected chi connectivity index (χ2v) is 7.28. The first-order chi connectivity index (χ1) is 14.2. The Morgan fingerprint density at radius 2 is 1.90 bits per heavy atom. The minimum Gasteiger partial charge on any atom is -0.324 e. The zero-order chi connectivity index (χ0) is 22.1. The fraction of sp³-hybridized carbons (Fsp3) is 0.250. The zero-order valence-corrected chi connectivity index (χ0v) is 17.0. The normalized spacial score (nSPS) is 18.3. The number of urea groups is 1. The molecule has 0 aliphatic carbocycles. The summed E-state index contributed by atoms with van der Waals surface area (Å²) >= 11 is 5.91. The largest absolute Gasteiger partial charge is 0.325 e. The first-order valence-electron chi connectivity index (χ1n) is 9.13. The number of halogens is 1. The van der Waals surface area contributed by atoms with Gasteiger partial charge in [-0.2, -0.15) is 0 Å². The van der Waals surface area contributed by atoms with E-state index in [1.165, 1.54) is 25.1 Å². The lowest BCUT2D eigenvalue weighted by Crippen LogP contribution is -2.44. The molecule has 1 aliphatic rings. The van der Waals surface area contributed by atoms with E-state index in [1.54, 1.807) is 31.2 Å². The molecular formula is C20H19ClN4O5. The van der Waals surface area contributed by atoms with E-state index in [9.17, 15) is 24.5 Å². The van der Waals surface area contributed by atoms with Crippen molar-refractivity contribution in [3.63, 3.8) is 0 Å². The standard InChI is InChI=1S/C20H19ClN4O5/c1-3-20(13-7-9-14(21)10-8-13)18(27)24(19(28)23-20)11-17(26)22-15-5-4-6-16(12(15)2)25(29)30/h4-10H,3,11H2,1-2H3,(H,22,26)(H,23,28)/t20-/m1/s1. The minimum absolute atomic E-state index is 0.143. The SMILES string of the molecule is CC[C@]1(c2ccc(Cl)cc2)NC(=O)N(CC(=O)Nc2cccc([N+](=O)[O-])c2C)C1=O. The molecule has 1 aliphatic heterocycles. The van der Waals surface area contributed by atoms with Gasteiger partial charge < -0.3 is 10.6 Å². The van der Waals surface area contributed by atoms with E-state index in [4.69, 9.17) is 11.6 Å². The molecule has 3 rings (SSSR count). The summed E-state index contributed by atoms with van der Waals surface area (Å²) < 4.78 is 0. The van der Waals surface area contributed by atoms with E-state index in [0.29, 0.717) is 10.6 Å². The van der Waals surface area contributed by atoms with Crippen molar-refractivity contribution in [2.75, 3.05) is 11.9 Å². The van der Waals surface area contributed by atoms with Crippen molar-refractivity contribution in [3.8, 4) is 0 Å². The molecule has 1 saturated heterocycles. The first kappa shape index (κ1) is 21.3. The van der Waals surface area contributed by atoms with Crippen LogP contribution in [0.25, 0.3) is 0 Å². The van der Waals surface area contributed by atoms with Crippen molar-refractivity contribution >= 4 is 40.8 Å². The summed E-state index contributed by atoms with van der Waals surface area (Å²) in [6, 6.07) is 10.1. The molecule has 1 fully saturated rings. The van der Waals surface area contributed by atoms with Crippen LogP contribution in [0, 0.1) is 17.0 Å². The molecule has 10 heteroatoms. The van der Waals surface area contributed by atoms with Gasteiger partial charge in [-0.1, -0.05) is 36.7 Å². The van der Waals surface area contributed by atoms with Crippen LogP contribution in [0.15, 0.2) is 42.5 Å². The number of rotatable bonds is 6. The van der Waals surface area contributed by atoms with Crippen molar-refractivity contribution in [1.82, 2.24) is 10.2 Å². The van der Waals surface area contributed by atoms with Gasteiger partial charge in [-0.15, -0.1) is 0 Å². The molecule has 2 N–H and O–H groups in total. The molecule has 2 aromatic rings. The minimum atomic E-state index is -1.29. The third kappa shape index (κ3) is 3.71. The number of nitro groups is 1. The van der Waals surface area contributed by atoms with Crippen LogP contribution in [0.3, 0.4) is 0 Å². The molecule has 0 spiro atoms. The number of carbonyl (C=O) groups excluding carboxylic acids is 3. The smallest absolute Gasteiger partial charge is 0.324 e. The second kappa shape index (κ2) is 8.11. The molecule has 0 bridgehead atoms. The third-order valence-corrected chi connectivity index (χ3v) is 5.37. The summed E-state index contributed by atoms with van der Waals surface area (Å²) in [6.45, 7) is 2.73. The number of amides is 4. The van der Waals surface area contributed by atoms with Gasteiger partial charge in [0.1, 0.15) is 12.1 Å². The van der Waals surface area contributed by atoms with Gasteiger partial charge in [0, 0.05) is 11.1 Å². The van der Waals surface area contributed by atoms with Gasteiger partial charge in [-0.25, -0.2) is 4.79 Å². The maximum absolute atomic E-state index is 13.1. The Labute approximate surface area is 177 Å². The average molecular weight is 431 g/mol. The van der Waals surface area contributed by atoms with Crippen LogP contribution in [0.2, 0.25) is 5.02 Å². The molecule has 30 heavy (non-hydrogen) atoms. The fourth-order valence-corrected chi connectivity index (χ4v) is 3.56. The van der Waals surface area contributed by atoms with Crippen molar-refractivity contribution in [2.45, 2.75) is 25.8 Å². The highest BCUT2D eigenvalue weighted by atomic mass is 35.5. The zero-order valence-electron chi connectivity index (χ0n) is 16.3. The van der Waals surface area contributed by atoms with Crippen LogP contribution in [-0.2, 0) is 15.1 Å². The topological polar surface area (TPSA) is 122 Å². The number of imide groups is 1. The Hall–Kier alpha value is -3.46. The van der Waals surface area contributed by atoms with Gasteiger partial charge in [-0.3, -0.25) is 24.6 Å². The fourth-order valence-electron chi connectivity index (χ4n) is 3.43. The second-order valence-electron chi connectivity index (χ2n) is 6.84. The summed E-state index contributed by atoms with van der Waals surface area (Å²) in [5.41, 5.74) is -0.359. The number of nitro benzene ring substituents is 1. The number of nitrogens with zero attached hydrogens (tertiary/aromatic N) is 2. The molecule has 156 valence electrons. The van der Waals surface area contributed by atoms with E-state index in [0.717, 1.165) is 4.90 Å². The number of benzene rings is 2. The predicted molar refractivity (Wildman–Crippen MR) is 110 cm³/mol. The molecule has 1 heterocycles. The average Bonchev–Trinajstić information content (AvgIpc) is 2.95. The van der Waals surface area contributed by atoms with Crippen molar-refractivity contribution in [2.24, 2.45) is 0 Å². The maximum Gasteiger partial charge on any atom is 0.325 e. The predicted octanol–water partition coefficient (Wildman–Crippen LogP) is 3.35. The number of carbonyl (C=O) groups is 3. The van der Waals surface area contributed by atoms with Crippen LogP contribution in [0.1, 0.15) is 24.5 Å². The van der Waals surface area contributed by atoms with E-state index in [1.807, 2.05) is 0 Å². The monoisotopic (exact) mass is 430 g/mol. The number of nitrogens with one attached hydrogen (secondary N) is 2. The van der Waals surface area contributed by atoms with Crippen LogP contribution in [0.4, 0.5) is 16.2 Å². The maximum atomic E-state index is 13.1. The number of hydrogen-bond acceptors (Lipinski definition) is 5. The Balaban J connectivity index is 1.80. The first-order valence-corrected chi connectivity index (χ1v) is 9.51. The molecule has 2 aromatic carbocycles. The lowest BCUT2D eigenvalue weighted by Gasteiger charge is -2.25. The molecule has 4 amide bonds. The lowest BCUT2D eigenvalue weighted by molar-refractivity contribution is -0.385. The van der Waals surface area contributed by atoms with Crippen LogP contribution >= 0.6 is 11.6 Å². The number of anilines is 1. The Bertz CT molecular complexity index is 1040. The Kier molecular flexibility index (Phi) is 5.75. The molecule has 0 saturated carbocycles. The Morgan fingerprint density at radius 3 is 2.50 bits per heavy atom. The van der Waals surface area contributed by atoms with Crippen LogP contribution in [-0.4, -0.2) is 34.2 Å². The third-order valence-electron chi connectivity index (χ3n) is 5.12. The van der Waals surface area contributed by atoms with Crippen molar-refractivity contribution in [3.05, 3.63) is 68.7 Å². The summed E-state index contributed by atoms with van der Waals surface area (Å²) in [5.74, 6) is -1.20. The van der Waals surface area contributed by atoms with Gasteiger partial charge >= 0.3 is 6.03 Å². The molecule has 0 aromatic heterocycles. The molecule has 0 unspecified atom stereocenters. The van der Waals surface area contributed by atoms with Crippen molar-refractivity contribution in [1.29, 1.82) is 0 Å². The highest BCUT2D eigenvalue weighted by Crippen LogP contribution is 2.33. The van der Waals surface area contributed by atoms with Crippen molar-refractivity contribution < 1.29 is 19.3 Å². The quantitative estimate of drug-likeness (QED) is 0.413. The summed E-state index contributed by atoms with van der Waals surface area (Å²) in [4.78, 5) is 49.4. The van der Waals surface area contributed by atoms with E-state index in [2.05, 4.69) is 10.6 Å². The summed E-state index contributed by atoms with van der Waals surface area (Å²) in [6.07, 6.45) is 0.279. The van der Waals surface area contributed by atoms with Crippen LogP contribution in [0.5, 0.6) is 0 Å². The molecule has 9 nitrogen and oxygen atoms in total. The lowest BCUT2D eigenvalue weighted by atomic mass is 9.87. The summed E-state index contributed by atoms with van der Waals surface area (Å²) in [5, 5.41) is 16.8. The molecular weight excluding hydrogens is 412 g/mol. The van der Waals surface area contributed by atoms with E-state index >= 15 is 0 Å². The highest BCUT2D eigenvalue weighted by molar-refractivity contribution is 6.30. The highest BCUT2D eigenvalue weighted by Gasteiger charge is 2.51. The van der Waals surface area contributed by atoms with E-state index < -0.39 is 34.9 Å². The Morgan fingerprint density at radius 1 is 1.23 bits per heavy atom. The van der Waals surface area contributed by atoms with Gasteiger partial charge in [0.05, 0.1) is 16.2 Å². The van der Waals surface area contributed by atoms with Gasteiger partial charge in [0.25, 0.3) is 11.6 Å². The summed E-state index contributed by atoms with van der Waals surface area (Å²) in [7, 11) is 0. The van der Waals surface area contributed by atoms with Crippen LogP contribution < -0.4 is 10.6 Å².